The van der Waals surface area contributed by atoms with E-state index in [0.717, 1.165) is 6.54 Å². The largest absolute Gasteiger partial charge is 0.356 e. The predicted octanol–water partition coefficient (Wildman–Crippen LogP) is 2.72. The Labute approximate surface area is 131 Å². The number of hydrogen-bond donors (Lipinski definition) is 1. The van der Waals surface area contributed by atoms with E-state index in [9.17, 15) is 4.79 Å². The molecule has 3 rings (SSSR count). The van der Waals surface area contributed by atoms with E-state index in [2.05, 4.69) is 34.5 Å². The highest BCUT2D eigenvalue weighted by Crippen LogP contribution is 2.39. The fourth-order valence-corrected chi connectivity index (χ4v) is 4.60. The standard InChI is InChI=1S/C17H24N2OS/c1-13(20)18-10-14-6-8-19(9-7-14)11-15-12-21-17-5-3-2-4-16(15)17/h2-5,14-15H,6-12H2,1H3,(H,18,20). The van der Waals surface area contributed by atoms with E-state index in [1.807, 2.05) is 11.8 Å². The Bertz CT molecular complexity index is 497. The van der Waals surface area contributed by atoms with E-state index in [1.54, 1.807) is 12.5 Å². The molecule has 1 aromatic carbocycles. The van der Waals surface area contributed by atoms with Gasteiger partial charge in [-0.15, -0.1) is 11.8 Å². The van der Waals surface area contributed by atoms with Gasteiger partial charge < -0.3 is 10.2 Å². The molecule has 0 aromatic heterocycles. The summed E-state index contributed by atoms with van der Waals surface area (Å²) in [5.74, 6) is 2.68. The molecule has 1 N–H and O–H groups in total. The SMILES string of the molecule is CC(=O)NCC1CCN(CC2CSc3ccccc32)CC1. The monoisotopic (exact) mass is 304 g/mol. The first-order valence-corrected chi connectivity index (χ1v) is 8.89. The zero-order valence-electron chi connectivity index (χ0n) is 12.7. The number of thioether (sulfide) groups is 1. The quantitative estimate of drug-likeness (QED) is 0.928. The van der Waals surface area contributed by atoms with Crippen molar-refractivity contribution in [3.63, 3.8) is 0 Å². The molecule has 1 atom stereocenters. The van der Waals surface area contributed by atoms with Gasteiger partial charge in [-0.1, -0.05) is 18.2 Å². The van der Waals surface area contributed by atoms with Crippen molar-refractivity contribution in [2.24, 2.45) is 5.92 Å². The van der Waals surface area contributed by atoms with Gasteiger partial charge in [-0.3, -0.25) is 4.79 Å². The molecule has 0 spiro atoms. The van der Waals surface area contributed by atoms with Gasteiger partial charge in [-0.05, 0) is 43.5 Å². The molecule has 21 heavy (non-hydrogen) atoms. The van der Waals surface area contributed by atoms with E-state index in [1.165, 1.54) is 43.1 Å². The van der Waals surface area contributed by atoms with Crippen LogP contribution in [0.2, 0.25) is 0 Å². The molecule has 1 amide bonds. The van der Waals surface area contributed by atoms with Gasteiger partial charge in [-0.25, -0.2) is 0 Å². The highest BCUT2D eigenvalue weighted by molar-refractivity contribution is 7.99. The van der Waals surface area contributed by atoms with E-state index < -0.39 is 0 Å². The maximum Gasteiger partial charge on any atom is 0.216 e. The summed E-state index contributed by atoms with van der Waals surface area (Å²) in [4.78, 5) is 15.1. The maximum absolute atomic E-state index is 11.0. The number of piperidine rings is 1. The van der Waals surface area contributed by atoms with Crippen LogP contribution in [0.15, 0.2) is 29.2 Å². The second-order valence-electron chi connectivity index (χ2n) is 6.23. The summed E-state index contributed by atoms with van der Waals surface area (Å²) in [5.41, 5.74) is 1.54. The predicted molar refractivity (Wildman–Crippen MR) is 87.8 cm³/mol. The molecule has 114 valence electrons. The van der Waals surface area contributed by atoms with Crippen LogP contribution in [0.4, 0.5) is 0 Å². The minimum Gasteiger partial charge on any atom is -0.356 e. The molecular formula is C17H24N2OS. The maximum atomic E-state index is 11.0. The number of likely N-dealkylation sites (tertiary alicyclic amines) is 1. The molecule has 1 aromatic rings. The fourth-order valence-electron chi connectivity index (χ4n) is 3.35. The molecule has 1 fully saturated rings. The number of fused-ring (bicyclic) bond motifs is 1. The first kappa shape index (κ1) is 14.9. The van der Waals surface area contributed by atoms with E-state index in [-0.39, 0.29) is 5.91 Å². The molecule has 2 heterocycles. The molecule has 2 aliphatic rings. The van der Waals surface area contributed by atoms with Crippen LogP contribution >= 0.6 is 11.8 Å². The molecule has 0 radical (unpaired) electrons. The van der Waals surface area contributed by atoms with E-state index >= 15 is 0 Å². The molecule has 0 saturated carbocycles. The summed E-state index contributed by atoms with van der Waals surface area (Å²) >= 11 is 2.00. The van der Waals surface area contributed by atoms with Gasteiger partial charge in [-0.2, -0.15) is 0 Å². The van der Waals surface area contributed by atoms with Crippen molar-refractivity contribution in [2.45, 2.75) is 30.6 Å². The number of nitrogens with zero attached hydrogens (tertiary/aromatic N) is 1. The molecule has 0 aliphatic carbocycles. The zero-order valence-corrected chi connectivity index (χ0v) is 13.5. The number of benzene rings is 1. The van der Waals surface area contributed by atoms with Gasteiger partial charge in [0.1, 0.15) is 0 Å². The first-order chi connectivity index (χ1) is 10.2. The lowest BCUT2D eigenvalue weighted by Crippen LogP contribution is -2.40. The number of nitrogens with one attached hydrogen (secondary N) is 1. The van der Waals surface area contributed by atoms with Gasteiger partial charge in [0.25, 0.3) is 0 Å². The molecule has 1 saturated heterocycles. The Morgan fingerprint density at radius 1 is 1.33 bits per heavy atom. The summed E-state index contributed by atoms with van der Waals surface area (Å²) < 4.78 is 0. The van der Waals surface area contributed by atoms with Crippen LogP contribution in [0.5, 0.6) is 0 Å². The van der Waals surface area contributed by atoms with Gasteiger partial charge in [0.05, 0.1) is 0 Å². The molecule has 2 aliphatic heterocycles. The van der Waals surface area contributed by atoms with Crippen molar-refractivity contribution in [2.75, 3.05) is 31.9 Å². The number of carbonyl (C=O) groups excluding carboxylic acids is 1. The topological polar surface area (TPSA) is 32.3 Å². The highest BCUT2D eigenvalue weighted by atomic mass is 32.2. The summed E-state index contributed by atoms with van der Waals surface area (Å²) in [7, 11) is 0. The van der Waals surface area contributed by atoms with Crippen molar-refractivity contribution in [3.8, 4) is 0 Å². The van der Waals surface area contributed by atoms with Crippen LogP contribution in [-0.4, -0.2) is 42.7 Å². The molecular weight excluding hydrogens is 280 g/mol. The smallest absolute Gasteiger partial charge is 0.216 e. The number of hydrogen-bond acceptors (Lipinski definition) is 3. The lowest BCUT2D eigenvalue weighted by atomic mass is 9.94. The van der Waals surface area contributed by atoms with E-state index in [0.29, 0.717) is 11.8 Å². The van der Waals surface area contributed by atoms with Crippen LogP contribution in [0.3, 0.4) is 0 Å². The van der Waals surface area contributed by atoms with Crippen LogP contribution in [0, 0.1) is 5.92 Å². The number of rotatable bonds is 4. The zero-order chi connectivity index (χ0) is 14.7. The Kier molecular flexibility index (Phi) is 4.86. The molecule has 1 unspecified atom stereocenters. The molecule has 3 nitrogen and oxygen atoms in total. The Morgan fingerprint density at radius 3 is 2.86 bits per heavy atom. The highest BCUT2D eigenvalue weighted by Gasteiger charge is 2.27. The third-order valence-electron chi connectivity index (χ3n) is 4.62. The Hall–Kier alpha value is -1.00. The Balaban J connectivity index is 1.47. The normalized spacial score (nSPS) is 23.0. The lowest BCUT2D eigenvalue weighted by Gasteiger charge is -2.33. The van der Waals surface area contributed by atoms with Crippen LogP contribution in [-0.2, 0) is 4.79 Å². The van der Waals surface area contributed by atoms with Gasteiger partial charge >= 0.3 is 0 Å². The van der Waals surface area contributed by atoms with Crippen molar-refractivity contribution < 1.29 is 4.79 Å². The van der Waals surface area contributed by atoms with Crippen LogP contribution < -0.4 is 5.32 Å². The Morgan fingerprint density at radius 2 is 2.10 bits per heavy atom. The van der Waals surface area contributed by atoms with Gasteiger partial charge in [0, 0.05) is 36.6 Å². The third kappa shape index (κ3) is 3.80. The molecule has 4 heteroatoms. The number of carbonyl (C=O) groups is 1. The average Bonchev–Trinajstić information content (AvgIpc) is 2.90. The second kappa shape index (κ2) is 6.84. The minimum atomic E-state index is 0.0945. The van der Waals surface area contributed by atoms with Crippen LogP contribution in [0.25, 0.3) is 0 Å². The first-order valence-electron chi connectivity index (χ1n) is 7.91. The minimum absolute atomic E-state index is 0.0945. The lowest BCUT2D eigenvalue weighted by molar-refractivity contribution is -0.119. The average molecular weight is 304 g/mol. The molecule has 0 bridgehead atoms. The van der Waals surface area contributed by atoms with Crippen molar-refractivity contribution >= 4 is 17.7 Å². The van der Waals surface area contributed by atoms with Crippen molar-refractivity contribution in [1.29, 1.82) is 0 Å². The summed E-state index contributed by atoms with van der Waals surface area (Å²) in [5, 5.41) is 2.96. The van der Waals surface area contributed by atoms with Crippen molar-refractivity contribution in [3.05, 3.63) is 29.8 Å². The van der Waals surface area contributed by atoms with Gasteiger partial charge in [0.2, 0.25) is 5.91 Å². The number of amides is 1. The van der Waals surface area contributed by atoms with Gasteiger partial charge in [0.15, 0.2) is 0 Å². The summed E-state index contributed by atoms with van der Waals surface area (Å²) in [6.45, 7) is 5.99. The van der Waals surface area contributed by atoms with Crippen molar-refractivity contribution in [1.82, 2.24) is 10.2 Å². The third-order valence-corrected chi connectivity index (χ3v) is 5.88. The summed E-state index contributed by atoms with van der Waals surface area (Å²) in [6, 6.07) is 8.85. The summed E-state index contributed by atoms with van der Waals surface area (Å²) in [6.07, 6.45) is 2.42. The fraction of sp³-hybridized carbons (Fsp3) is 0.588. The second-order valence-corrected chi connectivity index (χ2v) is 7.29. The van der Waals surface area contributed by atoms with E-state index in [4.69, 9.17) is 0 Å². The van der Waals surface area contributed by atoms with Crippen LogP contribution in [0.1, 0.15) is 31.2 Å².